The number of Topliss-reactive ketones (excluding diaryl/α,β-unsaturated/α-hetero) is 1. The lowest BCUT2D eigenvalue weighted by atomic mass is 9.81. The maximum absolute atomic E-state index is 13.2. The Morgan fingerprint density at radius 2 is 1.69 bits per heavy atom. The Kier molecular flexibility index (Phi) is 6.89. The van der Waals surface area contributed by atoms with Crippen molar-refractivity contribution in [3.63, 3.8) is 0 Å². The van der Waals surface area contributed by atoms with Gasteiger partial charge in [-0.2, -0.15) is 5.43 Å². The third-order valence-electron chi connectivity index (χ3n) is 7.17. The van der Waals surface area contributed by atoms with Gasteiger partial charge in [0.1, 0.15) is 24.9 Å². The van der Waals surface area contributed by atoms with E-state index < -0.39 is 0 Å². The molecule has 0 spiro atoms. The van der Waals surface area contributed by atoms with Gasteiger partial charge < -0.3 is 5.32 Å². The number of anilines is 1. The van der Waals surface area contributed by atoms with Gasteiger partial charge >= 0.3 is 6.03 Å². The number of likely N-dealkylation sites (tertiary alicyclic amines) is 1. The molecule has 2 aromatic carbocycles. The van der Waals surface area contributed by atoms with Crippen molar-refractivity contribution in [3.8, 4) is 0 Å². The number of rotatable bonds is 6. The molecule has 32 heavy (non-hydrogen) atoms. The quantitative estimate of drug-likeness (QED) is 0.464. The summed E-state index contributed by atoms with van der Waals surface area (Å²) in [5.41, 5.74) is 5.72. The molecule has 0 radical (unpaired) electrons. The standard InChI is InChI=1S/C26H32FN3O2/c1-19(31)22-5-4-6-24(18-22)28-26(32)29-30(15-2-3-16-30)25-13-9-21(10-14-25)17-20-7-11-23(27)12-8-20/h4-8,11-12,18,21,25H,2-3,9-10,13-17H2,1H3,(H-,28,29,32)/p+1. The lowest BCUT2D eigenvalue weighted by molar-refractivity contribution is -0.973. The van der Waals surface area contributed by atoms with Gasteiger partial charge in [0.15, 0.2) is 5.78 Å². The van der Waals surface area contributed by atoms with Crippen LogP contribution < -0.4 is 10.7 Å². The predicted molar refractivity (Wildman–Crippen MR) is 124 cm³/mol. The number of hydrogen-bond acceptors (Lipinski definition) is 2. The van der Waals surface area contributed by atoms with E-state index in [0.717, 1.165) is 58.0 Å². The van der Waals surface area contributed by atoms with Crippen LogP contribution in [0.3, 0.4) is 0 Å². The molecule has 170 valence electrons. The van der Waals surface area contributed by atoms with Gasteiger partial charge in [0.2, 0.25) is 0 Å². The summed E-state index contributed by atoms with van der Waals surface area (Å²) in [6.45, 7) is 3.46. The Hall–Kier alpha value is -2.73. The average molecular weight is 439 g/mol. The Balaban J connectivity index is 1.35. The number of carbonyl (C=O) groups is 2. The van der Waals surface area contributed by atoms with Crippen LogP contribution in [0.4, 0.5) is 14.9 Å². The van der Waals surface area contributed by atoms with E-state index in [1.165, 1.54) is 12.5 Å². The fourth-order valence-electron chi connectivity index (χ4n) is 5.44. The Morgan fingerprint density at radius 3 is 2.34 bits per heavy atom. The minimum Gasteiger partial charge on any atom is -0.304 e. The SMILES string of the molecule is CC(=O)c1cccc(NC(=O)N[N+]2(C3CCC(Cc4ccc(F)cc4)CC3)CCCC2)c1. The first-order valence-electron chi connectivity index (χ1n) is 11.7. The molecular formula is C26H33FN3O2+. The molecule has 0 aromatic heterocycles. The maximum atomic E-state index is 13.2. The summed E-state index contributed by atoms with van der Waals surface area (Å²) in [6, 6.07) is 14.2. The highest BCUT2D eigenvalue weighted by molar-refractivity contribution is 5.96. The molecule has 2 fully saturated rings. The highest BCUT2D eigenvalue weighted by Crippen LogP contribution is 2.35. The van der Waals surface area contributed by atoms with Gasteiger partial charge in [-0.15, -0.1) is 0 Å². The van der Waals surface area contributed by atoms with E-state index in [9.17, 15) is 14.0 Å². The van der Waals surface area contributed by atoms with E-state index in [1.54, 1.807) is 36.4 Å². The number of ketones is 1. The number of halogens is 1. The fourth-order valence-corrected chi connectivity index (χ4v) is 5.44. The normalized spacial score (nSPS) is 22.3. The van der Waals surface area contributed by atoms with Crippen molar-refractivity contribution in [1.82, 2.24) is 5.43 Å². The minimum atomic E-state index is -0.207. The molecule has 6 heteroatoms. The highest BCUT2D eigenvalue weighted by Gasteiger charge is 2.43. The number of amides is 2. The first-order valence-corrected chi connectivity index (χ1v) is 11.7. The van der Waals surface area contributed by atoms with E-state index in [0.29, 0.717) is 27.8 Å². The van der Waals surface area contributed by atoms with Gasteiger partial charge in [-0.3, -0.25) is 4.79 Å². The van der Waals surface area contributed by atoms with Gasteiger partial charge in [0, 0.05) is 36.9 Å². The number of hydrogen-bond donors (Lipinski definition) is 2. The summed E-state index contributed by atoms with van der Waals surface area (Å²) in [5.74, 6) is 0.410. The van der Waals surface area contributed by atoms with E-state index in [1.807, 2.05) is 12.1 Å². The van der Waals surface area contributed by atoms with Crippen LogP contribution in [0.25, 0.3) is 0 Å². The van der Waals surface area contributed by atoms with Crippen LogP contribution in [-0.2, 0) is 6.42 Å². The van der Waals surface area contributed by atoms with Gasteiger partial charge in [-0.05, 0) is 61.9 Å². The Bertz CT molecular complexity index is 946. The van der Waals surface area contributed by atoms with Crippen LogP contribution in [0.2, 0.25) is 0 Å². The lowest BCUT2D eigenvalue weighted by Crippen LogP contribution is -2.65. The highest BCUT2D eigenvalue weighted by atomic mass is 19.1. The summed E-state index contributed by atoms with van der Waals surface area (Å²) < 4.78 is 13.8. The minimum absolute atomic E-state index is 0.0190. The van der Waals surface area contributed by atoms with Crippen LogP contribution in [0.15, 0.2) is 48.5 Å². The molecule has 5 nitrogen and oxygen atoms in total. The largest absolute Gasteiger partial charge is 0.363 e. The van der Waals surface area contributed by atoms with Crippen molar-refractivity contribution < 1.29 is 18.6 Å². The van der Waals surface area contributed by atoms with Gasteiger partial charge in [-0.1, -0.05) is 24.3 Å². The topological polar surface area (TPSA) is 58.2 Å². The zero-order valence-electron chi connectivity index (χ0n) is 18.8. The second kappa shape index (κ2) is 9.82. The van der Waals surface area contributed by atoms with Crippen LogP contribution in [0, 0.1) is 11.7 Å². The lowest BCUT2D eigenvalue weighted by Gasteiger charge is -2.43. The molecule has 0 atom stereocenters. The second-order valence-corrected chi connectivity index (χ2v) is 9.40. The number of carbonyl (C=O) groups excluding carboxylic acids is 2. The fraction of sp³-hybridized carbons (Fsp3) is 0.462. The summed E-state index contributed by atoms with van der Waals surface area (Å²) in [6.07, 6.45) is 7.68. The monoisotopic (exact) mass is 438 g/mol. The van der Waals surface area contributed by atoms with E-state index in [4.69, 9.17) is 0 Å². The molecule has 2 aliphatic rings. The van der Waals surface area contributed by atoms with Crippen molar-refractivity contribution in [1.29, 1.82) is 0 Å². The molecule has 1 heterocycles. The number of quaternary nitrogens is 1. The number of urea groups is 1. The molecular weight excluding hydrogens is 405 g/mol. The molecule has 2 aromatic rings. The molecule has 2 amide bonds. The third-order valence-corrected chi connectivity index (χ3v) is 7.17. The van der Waals surface area contributed by atoms with Crippen LogP contribution in [-0.4, -0.2) is 35.5 Å². The van der Waals surface area contributed by atoms with Crippen molar-refractivity contribution in [3.05, 3.63) is 65.5 Å². The number of nitrogens with zero attached hydrogens (tertiary/aromatic N) is 1. The summed E-state index contributed by atoms with van der Waals surface area (Å²) >= 11 is 0. The smallest absolute Gasteiger partial charge is 0.304 e. The molecule has 1 saturated heterocycles. The molecule has 0 unspecified atom stereocenters. The third kappa shape index (κ3) is 5.36. The van der Waals surface area contributed by atoms with E-state index in [2.05, 4.69) is 10.7 Å². The van der Waals surface area contributed by atoms with Crippen LogP contribution in [0.5, 0.6) is 0 Å². The summed E-state index contributed by atoms with van der Waals surface area (Å²) in [7, 11) is 0. The number of nitrogens with one attached hydrogen (secondary N) is 2. The summed E-state index contributed by atoms with van der Waals surface area (Å²) in [5, 5.41) is 2.93. The van der Waals surface area contributed by atoms with Crippen LogP contribution in [0.1, 0.15) is 61.4 Å². The van der Waals surface area contributed by atoms with Crippen molar-refractivity contribution in [2.45, 2.75) is 57.9 Å². The van der Waals surface area contributed by atoms with Crippen molar-refractivity contribution in [2.75, 3.05) is 18.4 Å². The van der Waals surface area contributed by atoms with Gasteiger partial charge in [-0.25, -0.2) is 13.8 Å². The van der Waals surface area contributed by atoms with Gasteiger partial charge in [0.25, 0.3) is 0 Å². The predicted octanol–water partition coefficient (Wildman–Crippen LogP) is 5.48. The molecule has 0 bridgehead atoms. The van der Waals surface area contributed by atoms with Crippen molar-refractivity contribution in [2.24, 2.45) is 5.92 Å². The van der Waals surface area contributed by atoms with Crippen molar-refractivity contribution >= 4 is 17.5 Å². The Labute approximate surface area is 189 Å². The second-order valence-electron chi connectivity index (χ2n) is 9.40. The zero-order chi connectivity index (χ0) is 22.6. The average Bonchev–Trinajstić information content (AvgIpc) is 3.25. The first-order chi connectivity index (χ1) is 15.4. The molecule has 1 saturated carbocycles. The summed E-state index contributed by atoms with van der Waals surface area (Å²) in [4.78, 5) is 24.5. The maximum Gasteiger partial charge on any atom is 0.363 e. The zero-order valence-corrected chi connectivity index (χ0v) is 18.8. The molecule has 1 aliphatic heterocycles. The Morgan fingerprint density at radius 1 is 1.00 bits per heavy atom. The first kappa shape index (κ1) is 22.5. The van der Waals surface area contributed by atoms with E-state index in [-0.39, 0.29) is 17.6 Å². The molecule has 4 rings (SSSR count). The molecule has 1 aliphatic carbocycles. The van der Waals surface area contributed by atoms with Crippen LogP contribution >= 0.6 is 0 Å². The number of benzene rings is 2. The van der Waals surface area contributed by atoms with Gasteiger partial charge in [0.05, 0.1) is 0 Å². The van der Waals surface area contributed by atoms with E-state index >= 15 is 0 Å². The molecule has 2 N–H and O–H groups in total.